The topological polar surface area (TPSA) is 52.7 Å². The van der Waals surface area contributed by atoms with Gasteiger partial charge in [-0.1, -0.05) is 18.6 Å². The van der Waals surface area contributed by atoms with Crippen LogP contribution >= 0.6 is 0 Å². The predicted molar refractivity (Wildman–Crippen MR) is 114 cm³/mol. The van der Waals surface area contributed by atoms with Crippen LogP contribution < -0.4 is 5.32 Å². The van der Waals surface area contributed by atoms with Gasteiger partial charge in [0.2, 0.25) is 5.91 Å². The molecule has 2 heterocycles. The fraction of sp³-hybridized carbons (Fsp3) is 0.583. The van der Waals surface area contributed by atoms with E-state index in [9.17, 15) is 14.0 Å². The smallest absolute Gasteiger partial charge is 0.250 e. The van der Waals surface area contributed by atoms with Gasteiger partial charge in [-0.3, -0.25) is 14.5 Å². The van der Waals surface area contributed by atoms with Gasteiger partial charge in [-0.2, -0.15) is 0 Å². The minimum Gasteiger partial charge on any atom is -0.356 e. The van der Waals surface area contributed by atoms with Crippen LogP contribution in [0.4, 0.5) is 4.39 Å². The highest BCUT2D eigenvalue weighted by Gasteiger charge is 2.38. The maximum atomic E-state index is 13.4. The van der Waals surface area contributed by atoms with E-state index in [0.29, 0.717) is 12.5 Å². The van der Waals surface area contributed by atoms with Crippen molar-refractivity contribution in [3.05, 3.63) is 46.8 Å². The van der Waals surface area contributed by atoms with Gasteiger partial charge in [0.25, 0.3) is 5.91 Å². The summed E-state index contributed by atoms with van der Waals surface area (Å²) < 4.78 is 13.4. The summed E-state index contributed by atoms with van der Waals surface area (Å²) in [6, 6.07) is 7.01. The molecule has 3 aliphatic rings. The molecule has 4 rings (SSSR count). The third-order valence-corrected chi connectivity index (χ3v) is 6.94. The van der Waals surface area contributed by atoms with Crippen LogP contribution in [0.3, 0.4) is 0 Å². The van der Waals surface area contributed by atoms with Crippen molar-refractivity contribution in [2.45, 2.75) is 57.5 Å². The number of carbonyl (C=O) groups is 2. The van der Waals surface area contributed by atoms with Gasteiger partial charge in [-0.25, -0.2) is 4.39 Å². The summed E-state index contributed by atoms with van der Waals surface area (Å²) in [4.78, 5) is 29.3. The quantitative estimate of drug-likeness (QED) is 0.779. The number of benzene rings is 1. The zero-order valence-corrected chi connectivity index (χ0v) is 17.8. The Morgan fingerprint density at radius 2 is 2.00 bits per heavy atom. The third-order valence-electron chi connectivity index (χ3n) is 6.94. The molecule has 0 radical (unpaired) electrons. The molecule has 2 fully saturated rings. The largest absolute Gasteiger partial charge is 0.356 e. The molecule has 5 nitrogen and oxygen atoms in total. The van der Waals surface area contributed by atoms with E-state index in [2.05, 4.69) is 10.2 Å². The Kier molecular flexibility index (Phi) is 6.52. The number of hydrogen-bond donors (Lipinski definition) is 1. The number of piperidine rings is 1. The van der Waals surface area contributed by atoms with E-state index < -0.39 is 0 Å². The molecule has 30 heavy (non-hydrogen) atoms. The molecule has 162 valence electrons. The Bertz CT molecular complexity index is 829. The first-order valence-corrected chi connectivity index (χ1v) is 11.2. The van der Waals surface area contributed by atoms with Gasteiger partial charge in [0, 0.05) is 25.7 Å². The SMILES string of the molecule is CN1C(=O)C(CC(=O)NCC2CCN(Cc3cccc(F)c3)CC2)=C2CCCCC21. The fourth-order valence-corrected chi connectivity index (χ4v) is 5.18. The van der Waals surface area contributed by atoms with Crippen LogP contribution in [0, 0.1) is 11.7 Å². The lowest BCUT2D eigenvalue weighted by molar-refractivity contribution is -0.128. The van der Waals surface area contributed by atoms with Crippen molar-refractivity contribution in [2.24, 2.45) is 5.92 Å². The lowest BCUT2D eigenvalue weighted by Crippen LogP contribution is -2.38. The third kappa shape index (κ3) is 4.75. The summed E-state index contributed by atoms with van der Waals surface area (Å²) in [5.74, 6) is 0.276. The van der Waals surface area contributed by atoms with Gasteiger partial charge in [0.15, 0.2) is 0 Å². The molecule has 6 heteroatoms. The van der Waals surface area contributed by atoms with Crippen LogP contribution in [0.2, 0.25) is 0 Å². The molecule has 1 saturated carbocycles. The van der Waals surface area contributed by atoms with E-state index in [-0.39, 0.29) is 30.1 Å². The van der Waals surface area contributed by atoms with Crippen LogP contribution in [0.15, 0.2) is 35.4 Å². The number of rotatable bonds is 6. The van der Waals surface area contributed by atoms with Crippen molar-refractivity contribution >= 4 is 11.8 Å². The monoisotopic (exact) mass is 413 g/mol. The van der Waals surface area contributed by atoms with Crippen LogP contribution in [0.1, 0.15) is 50.5 Å². The van der Waals surface area contributed by atoms with E-state index >= 15 is 0 Å². The second-order valence-electron chi connectivity index (χ2n) is 9.01. The minimum absolute atomic E-state index is 0.0346. The lowest BCUT2D eigenvalue weighted by Gasteiger charge is -2.32. The van der Waals surface area contributed by atoms with E-state index in [4.69, 9.17) is 0 Å². The summed E-state index contributed by atoms with van der Waals surface area (Å²) >= 11 is 0. The second kappa shape index (κ2) is 9.29. The summed E-state index contributed by atoms with van der Waals surface area (Å²) in [6.45, 7) is 3.35. The molecule has 1 N–H and O–H groups in total. The highest BCUT2D eigenvalue weighted by Crippen LogP contribution is 2.36. The van der Waals surface area contributed by atoms with Crippen molar-refractivity contribution in [1.29, 1.82) is 0 Å². The Morgan fingerprint density at radius 1 is 1.20 bits per heavy atom. The average Bonchev–Trinajstić information content (AvgIpc) is 2.98. The normalized spacial score (nSPS) is 23.1. The highest BCUT2D eigenvalue weighted by molar-refractivity contribution is 6.02. The molecule has 0 spiro atoms. The zero-order chi connectivity index (χ0) is 21.1. The second-order valence-corrected chi connectivity index (χ2v) is 9.01. The first-order valence-electron chi connectivity index (χ1n) is 11.2. The van der Waals surface area contributed by atoms with Crippen molar-refractivity contribution in [3.8, 4) is 0 Å². The Morgan fingerprint density at radius 3 is 2.77 bits per heavy atom. The lowest BCUT2D eigenvalue weighted by atomic mass is 9.88. The molecule has 0 aromatic heterocycles. The molecule has 1 aromatic carbocycles. The Balaban J connectivity index is 1.22. The molecule has 1 aromatic rings. The highest BCUT2D eigenvalue weighted by atomic mass is 19.1. The number of fused-ring (bicyclic) bond motifs is 1. The molecule has 1 aliphatic carbocycles. The Hall–Kier alpha value is -2.21. The number of carbonyl (C=O) groups excluding carboxylic acids is 2. The van der Waals surface area contributed by atoms with Gasteiger partial charge in [0.05, 0.1) is 12.5 Å². The zero-order valence-electron chi connectivity index (χ0n) is 17.8. The maximum absolute atomic E-state index is 13.4. The molecule has 0 bridgehead atoms. The van der Waals surface area contributed by atoms with E-state index in [1.807, 2.05) is 18.0 Å². The van der Waals surface area contributed by atoms with Gasteiger partial charge in [-0.15, -0.1) is 0 Å². The van der Waals surface area contributed by atoms with E-state index in [1.54, 1.807) is 12.1 Å². The number of amides is 2. The van der Waals surface area contributed by atoms with Crippen molar-refractivity contribution < 1.29 is 14.0 Å². The van der Waals surface area contributed by atoms with Crippen molar-refractivity contribution in [3.63, 3.8) is 0 Å². The van der Waals surface area contributed by atoms with Crippen molar-refractivity contribution in [2.75, 3.05) is 26.7 Å². The summed E-state index contributed by atoms with van der Waals surface area (Å²) in [5, 5.41) is 3.07. The van der Waals surface area contributed by atoms with Crippen LogP contribution in [0.5, 0.6) is 0 Å². The fourth-order valence-electron chi connectivity index (χ4n) is 5.18. The van der Waals surface area contributed by atoms with Gasteiger partial charge in [0.1, 0.15) is 5.82 Å². The van der Waals surface area contributed by atoms with Gasteiger partial charge in [-0.05, 0) is 74.4 Å². The number of hydrogen-bond acceptors (Lipinski definition) is 3. The first-order chi connectivity index (χ1) is 14.5. The average molecular weight is 414 g/mol. The predicted octanol–water partition coefficient (Wildman–Crippen LogP) is 3.26. The van der Waals surface area contributed by atoms with E-state index in [0.717, 1.165) is 69.3 Å². The number of nitrogens with one attached hydrogen (secondary N) is 1. The molecule has 1 unspecified atom stereocenters. The molecule has 2 aliphatic heterocycles. The van der Waals surface area contributed by atoms with Crippen LogP contribution in [-0.2, 0) is 16.1 Å². The maximum Gasteiger partial charge on any atom is 0.250 e. The van der Waals surface area contributed by atoms with Gasteiger partial charge >= 0.3 is 0 Å². The van der Waals surface area contributed by atoms with Crippen LogP contribution in [-0.4, -0.2) is 54.3 Å². The summed E-state index contributed by atoms with van der Waals surface area (Å²) in [5.41, 5.74) is 2.95. The van der Waals surface area contributed by atoms with Crippen LogP contribution in [0.25, 0.3) is 0 Å². The van der Waals surface area contributed by atoms with Crippen molar-refractivity contribution in [1.82, 2.24) is 15.1 Å². The summed E-state index contributed by atoms with van der Waals surface area (Å²) in [7, 11) is 1.86. The molecular formula is C24H32FN3O2. The van der Waals surface area contributed by atoms with Gasteiger partial charge < -0.3 is 10.2 Å². The molecule has 2 amide bonds. The van der Waals surface area contributed by atoms with E-state index in [1.165, 1.54) is 11.6 Å². The Labute approximate surface area is 178 Å². The number of nitrogens with zero attached hydrogens (tertiary/aromatic N) is 2. The minimum atomic E-state index is -0.187. The molecule has 1 saturated heterocycles. The number of likely N-dealkylation sites (N-methyl/N-ethyl adjacent to an activating group) is 1. The number of halogens is 1. The number of likely N-dealkylation sites (tertiary alicyclic amines) is 1. The standard InChI is InChI=1S/C24H32FN3O2/c1-27-22-8-3-2-7-20(22)21(24(27)30)14-23(29)26-15-17-9-11-28(12-10-17)16-18-5-4-6-19(25)13-18/h4-6,13,17,22H,2-3,7-12,14-16H2,1H3,(H,26,29). The first kappa shape index (κ1) is 21.0. The molecule has 1 atom stereocenters. The molecular weight excluding hydrogens is 381 g/mol. The summed E-state index contributed by atoms with van der Waals surface area (Å²) in [6.07, 6.45) is 6.51.